The van der Waals surface area contributed by atoms with E-state index in [4.69, 9.17) is 0 Å². The number of pyridine rings is 1. The molecule has 6 nitrogen and oxygen atoms in total. The fraction of sp³-hybridized carbons (Fsp3) is 0.0714. The Kier molecular flexibility index (Phi) is 6.16. The van der Waals surface area contributed by atoms with Crippen molar-refractivity contribution in [3.63, 3.8) is 0 Å². The number of aromatic nitrogens is 1. The molecule has 0 fully saturated rings. The van der Waals surface area contributed by atoms with Crippen LogP contribution in [-0.2, 0) is 7.05 Å². The van der Waals surface area contributed by atoms with Crippen LogP contribution in [0.25, 0.3) is 0 Å². The predicted octanol–water partition coefficient (Wildman–Crippen LogP) is -1.62. The van der Waals surface area contributed by atoms with Gasteiger partial charge >= 0.3 is 6.03 Å². The predicted molar refractivity (Wildman–Crippen MR) is 75.5 cm³/mol. The number of aromatic hydroxyl groups is 1. The van der Waals surface area contributed by atoms with Crippen LogP contribution in [0.15, 0.2) is 53.8 Å². The molecule has 2 rings (SSSR count). The van der Waals surface area contributed by atoms with Crippen LogP contribution in [0.5, 0.6) is 5.75 Å². The first-order valence-electron chi connectivity index (χ1n) is 5.99. The summed E-state index contributed by atoms with van der Waals surface area (Å²) < 4.78 is 1.69. The molecule has 0 aliphatic carbocycles. The summed E-state index contributed by atoms with van der Waals surface area (Å²) in [6.45, 7) is 0. The van der Waals surface area contributed by atoms with Crippen molar-refractivity contribution >= 4 is 17.9 Å². The normalized spacial score (nSPS) is 9.95. The number of rotatable bonds is 3. The van der Waals surface area contributed by atoms with E-state index in [1.54, 1.807) is 42.1 Å². The van der Waals surface area contributed by atoms with Crippen LogP contribution in [0, 0.1) is 0 Å². The van der Waals surface area contributed by atoms with E-state index in [-0.39, 0.29) is 18.2 Å². The number of para-hydroxylation sites is 1. The number of nitrogens with zero attached hydrogens (tertiary/aromatic N) is 2. The average molecular weight is 307 g/mol. The molecule has 0 unspecified atom stereocenters. The molecule has 0 bridgehead atoms. The minimum Gasteiger partial charge on any atom is -1.00 e. The summed E-state index contributed by atoms with van der Waals surface area (Å²) in [7, 11) is 1.77. The van der Waals surface area contributed by atoms with E-state index in [0.717, 1.165) is 5.69 Å². The number of aryl methyl sites for hydroxylation is 1. The van der Waals surface area contributed by atoms with Crippen molar-refractivity contribution in [2.75, 3.05) is 5.32 Å². The van der Waals surface area contributed by atoms with Crippen molar-refractivity contribution in [3.05, 3.63) is 54.4 Å². The van der Waals surface area contributed by atoms with Gasteiger partial charge in [-0.2, -0.15) is 9.67 Å². The third-order valence-electron chi connectivity index (χ3n) is 2.55. The van der Waals surface area contributed by atoms with Crippen molar-refractivity contribution in [2.45, 2.75) is 0 Å². The van der Waals surface area contributed by atoms with Crippen molar-refractivity contribution in [1.82, 2.24) is 5.43 Å². The number of hydrazone groups is 1. The Morgan fingerprint density at radius 1 is 1.24 bits per heavy atom. The van der Waals surface area contributed by atoms with Gasteiger partial charge in [0.1, 0.15) is 13.3 Å². The molecule has 0 atom stereocenters. The second kappa shape index (κ2) is 7.86. The molecule has 1 aromatic carbocycles. The largest absolute Gasteiger partial charge is 1.00 e. The summed E-state index contributed by atoms with van der Waals surface area (Å²) in [6, 6.07) is 11.9. The Hall–Kier alpha value is -2.60. The van der Waals surface area contributed by atoms with Crippen LogP contribution in [0.1, 0.15) is 5.69 Å². The molecule has 7 heteroatoms. The lowest BCUT2D eigenvalue weighted by Crippen LogP contribution is -3.00. The number of anilines is 1. The highest BCUT2D eigenvalue weighted by Crippen LogP contribution is 2.04. The van der Waals surface area contributed by atoms with E-state index in [2.05, 4.69) is 15.8 Å². The minimum atomic E-state index is -0.422. The second-order valence-corrected chi connectivity index (χ2v) is 4.11. The maximum atomic E-state index is 11.6. The number of carbonyl (C=O) groups is 1. The second-order valence-electron chi connectivity index (χ2n) is 4.11. The Morgan fingerprint density at radius 3 is 2.62 bits per heavy atom. The maximum absolute atomic E-state index is 11.6. The Balaban J connectivity index is 0.00000220. The summed E-state index contributed by atoms with van der Waals surface area (Å²) in [6.07, 6.45) is 3.04. The number of hydrogen-bond acceptors (Lipinski definition) is 3. The summed E-state index contributed by atoms with van der Waals surface area (Å²) in [4.78, 5) is 11.6. The van der Waals surface area contributed by atoms with E-state index in [1.165, 1.54) is 6.21 Å². The number of urea groups is 1. The molecule has 0 aliphatic rings. The van der Waals surface area contributed by atoms with Crippen LogP contribution in [0.3, 0.4) is 0 Å². The van der Waals surface area contributed by atoms with Gasteiger partial charge in [-0.3, -0.25) is 0 Å². The molecule has 3 N–H and O–H groups in total. The van der Waals surface area contributed by atoms with E-state index in [1.807, 2.05) is 18.2 Å². The van der Waals surface area contributed by atoms with Crippen LogP contribution in [0.2, 0.25) is 0 Å². The van der Waals surface area contributed by atoms with Crippen molar-refractivity contribution in [3.8, 4) is 5.75 Å². The first-order chi connectivity index (χ1) is 9.65. The number of carbonyl (C=O) groups excluding carboxylic acids is 1. The maximum Gasteiger partial charge on any atom is 0.339 e. The van der Waals surface area contributed by atoms with Crippen molar-refractivity contribution in [1.29, 1.82) is 0 Å². The molecule has 0 radical (unpaired) electrons. The first-order valence-corrected chi connectivity index (χ1v) is 5.99. The van der Waals surface area contributed by atoms with Crippen LogP contribution >= 0.6 is 0 Å². The highest BCUT2D eigenvalue weighted by atomic mass is 35.5. The zero-order valence-electron chi connectivity index (χ0n) is 11.3. The topological polar surface area (TPSA) is 77.6 Å². The quantitative estimate of drug-likeness (QED) is 0.362. The van der Waals surface area contributed by atoms with E-state index >= 15 is 0 Å². The Morgan fingerprint density at radius 2 is 1.95 bits per heavy atom. The molecule has 2 aromatic rings. The number of nitrogens with one attached hydrogen (secondary N) is 2. The molecule has 1 aromatic heterocycles. The molecule has 21 heavy (non-hydrogen) atoms. The van der Waals surface area contributed by atoms with Gasteiger partial charge in [0.25, 0.3) is 0 Å². The van der Waals surface area contributed by atoms with Gasteiger partial charge in [-0.1, -0.05) is 18.2 Å². The molecule has 1 heterocycles. The van der Waals surface area contributed by atoms with Gasteiger partial charge in [0, 0.05) is 11.8 Å². The number of benzene rings is 1. The highest BCUT2D eigenvalue weighted by Gasteiger charge is 2.04. The van der Waals surface area contributed by atoms with Gasteiger partial charge in [0.15, 0.2) is 5.75 Å². The SMILES string of the molecule is C[n+]1cc(O)ccc1C=NNC(=O)Nc1ccccc1.[Cl-]. The van der Waals surface area contributed by atoms with Gasteiger partial charge in [0.05, 0.1) is 0 Å². The molecule has 0 saturated carbocycles. The molecular formula is C14H15ClN4O2. The zero-order valence-corrected chi connectivity index (χ0v) is 12.1. The summed E-state index contributed by atoms with van der Waals surface area (Å²) in [5.74, 6) is 0.166. The lowest BCUT2D eigenvalue weighted by molar-refractivity contribution is -0.672. The molecular weight excluding hydrogens is 292 g/mol. The van der Waals surface area contributed by atoms with E-state index in [9.17, 15) is 9.90 Å². The standard InChI is InChI=1S/C14H14N4O2.ClH/c1-18-10-13(19)8-7-12(18)9-15-17-14(20)16-11-5-3-2-4-6-11;/h2-10H,1H3,(H2,16,19,20);1H. The molecule has 0 spiro atoms. The van der Waals surface area contributed by atoms with Crippen LogP contribution < -0.4 is 27.7 Å². The fourth-order valence-electron chi connectivity index (χ4n) is 1.58. The van der Waals surface area contributed by atoms with Gasteiger partial charge in [-0.25, -0.2) is 10.2 Å². The molecule has 0 aliphatic heterocycles. The Labute approximate surface area is 128 Å². The molecule has 110 valence electrons. The highest BCUT2D eigenvalue weighted by molar-refractivity contribution is 5.89. The Bertz CT molecular complexity index is 632. The van der Waals surface area contributed by atoms with E-state index < -0.39 is 6.03 Å². The number of halogens is 1. The molecule has 2 amide bonds. The zero-order chi connectivity index (χ0) is 14.4. The number of amides is 2. The third kappa shape index (κ3) is 5.12. The average Bonchev–Trinajstić information content (AvgIpc) is 2.42. The smallest absolute Gasteiger partial charge is 0.339 e. The van der Waals surface area contributed by atoms with Crippen LogP contribution in [0.4, 0.5) is 10.5 Å². The van der Waals surface area contributed by atoms with Crippen molar-refractivity contribution < 1.29 is 26.9 Å². The van der Waals surface area contributed by atoms with E-state index in [0.29, 0.717) is 5.69 Å². The molecule has 0 saturated heterocycles. The summed E-state index contributed by atoms with van der Waals surface area (Å²) in [5.41, 5.74) is 3.79. The van der Waals surface area contributed by atoms with Gasteiger partial charge in [-0.05, 0) is 18.2 Å². The van der Waals surface area contributed by atoms with Crippen LogP contribution in [-0.4, -0.2) is 17.4 Å². The first kappa shape index (κ1) is 16.5. The third-order valence-corrected chi connectivity index (χ3v) is 2.55. The van der Waals surface area contributed by atoms with Crippen molar-refractivity contribution in [2.24, 2.45) is 12.1 Å². The number of hydrogen-bond donors (Lipinski definition) is 3. The fourth-order valence-corrected chi connectivity index (χ4v) is 1.58. The minimum absolute atomic E-state index is 0. The summed E-state index contributed by atoms with van der Waals surface area (Å²) >= 11 is 0. The lowest BCUT2D eigenvalue weighted by atomic mass is 10.3. The monoisotopic (exact) mass is 306 g/mol. The van der Waals surface area contributed by atoms with Gasteiger partial charge < -0.3 is 22.8 Å². The summed E-state index contributed by atoms with van der Waals surface area (Å²) in [5, 5.41) is 15.8. The van der Waals surface area contributed by atoms with Gasteiger partial charge in [0.2, 0.25) is 11.9 Å². The lowest BCUT2D eigenvalue weighted by Gasteiger charge is -2.02. The van der Waals surface area contributed by atoms with Gasteiger partial charge in [-0.15, -0.1) is 0 Å².